The van der Waals surface area contributed by atoms with Crippen LogP contribution in [-0.4, -0.2) is 56.2 Å². The van der Waals surface area contributed by atoms with Gasteiger partial charge in [-0.2, -0.15) is 5.10 Å². The molecule has 124 valence electrons. The Bertz CT molecular complexity index is 857. The number of hydrogen-bond donors (Lipinski definition) is 2. The van der Waals surface area contributed by atoms with Crippen molar-refractivity contribution in [3.63, 3.8) is 0 Å². The standard InChI is InChI=1S/C17H21N7/c1-2-12-14(3-1)21-22-15(12)10-23-6-8-24(9-7-23)17-13-4-5-18-16(13)19-11-20-17/h4-5,11H,1-3,6-10H2,(H,21,22)(H,18,19,20). The summed E-state index contributed by atoms with van der Waals surface area (Å²) in [5, 5.41) is 8.87. The Morgan fingerprint density at radius 1 is 1.08 bits per heavy atom. The van der Waals surface area contributed by atoms with Gasteiger partial charge >= 0.3 is 0 Å². The average molecular weight is 323 g/mol. The zero-order valence-corrected chi connectivity index (χ0v) is 13.6. The van der Waals surface area contributed by atoms with Gasteiger partial charge in [0.15, 0.2) is 0 Å². The number of aromatic nitrogens is 5. The molecule has 0 radical (unpaired) electrons. The zero-order valence-electron chi connectivity index (χ0n) is 13.6. The molecule has 1 saturated heterocycles. The van der Waals surface area contributed by atoms with E-state index < -0.39 is 0 Å². The molecule has 0 unspecified atom stereocenters. The van der Waals surface area contributed by atoms with Crippen molar-refractivity contribution in [2.24, 2.45) is 0 Å². The number of fused-ring (bicyclic) bond motifs is 2. The maximum Gasteiger partial charge on any atom is 0.142 e. The number of aromatic amines is 2. The molecule has 0 spiro atoms. The molecule has 2 N–H and O–H groups in total. The molecule has 3 aromatic rings. The van der Waals surface area contributed by atoms with Crippen molar-refractivity contribution in [3.8, 4) is 0 Å². The highest BCUT2D eigenvalue weighted by molar-refractivity contribution is 5.87. The monoisotopic (exact) mass is 323 g/mol. The van der Waals surface area contributed by atoms with Crippen LogP contribution in [0.4, 0.5) is 5.82 Å². The summed E-state index contributed by atoms with van der Waals surface area (Å²) in [4.78, 5) is 16.8. The second kappa shape index (κ2) is 5.59. The Balaban J connectivity index is 1.28. The molecule has 0 bridgehead atoms. The van der Waals surface area contributed by atoms with Gasteiger partial charge in [0, 0.05) is 44.6 Å². The molecule has 1 aliphatic heterocycles. The van der Waals surface area contributed by atoms with Crippen molar-refractivity contribution < 1.29 is 0 Å². The van der Waals surface area contributed by atoms with Crippen LogP contribution >= 0.6 is 0 Å². The van der Waals surface area contributed by atoms with Crippen LogP contribution in [0.15, 0.2) is 18.6 Å². The average Bonchev–Trinajstić information content (AvgIpc) is 3.33. The first kappa shape index (κ1) is 14.0. The second-order valence-corrected chi connectivity index (χ2v) is 6.68. The summed E-state index contributed by atoms with van der Waals surface area (Å²) >= 11 is 0. The molecule has 0 saturated carbocycles. The highest BCUT2D eigenvalue weighted by atomic mass is 15.3. The van der Waals surface area contributed by atoms with E-state index in [1.54, 1.807) is 6.33 Å². The SMILES string of the molecule is c1nc(N2CCN(Cc3n[nH]c4c3CCC4)CC2)c2cc[nH]c2n1. The number of piperazine rings is 1. The molecular weight excluding hydrogens is 302 g/mol. The van der Waals surface area contributed by atoms with E-state index in [9.17, 15) is 0 Å². The summed E-state index contributed by atoms with van der Waals surface area (Å²) in [5.41, 5.74) is 5.00. The van der Waals surface area contributed by atoms with E-state index in [0.717, 1.165) is 56.0 Å². The summed E-state index contributed by atoms with van der Waals surface area (Å²) in [5.74, 6) is 1.04. The highest BCUT2D eigenvalue weighted by Gasteiger charge is 2.24. The predicted molar refractivity (Wildman–Crippen MR) is 92.0 cm³/mol. The highest BCUT2D eigenvalue weighted by Crippen LogP contribution is 2.25. The lowest BCUT2D eigenvalue weighted by Gasteiger charge is -2.35. The quantitative estimate of drug-likeness (QED) is 0.764. The van der Waals surface area contributed by atoms with E-state index in [-0.39, 0.29) is 0 Å². The van der Waals surface area contributed by atoms with Crippen LogP contribution in [0.2, 0.25) is 0 Å². The fourth-order valence-electron chi connectivity index (χ4n) is 3.96. The van der Waals surface area contributed by atoms with Gasteiger partial charge in [0.25, 0.3) is 0 Å². The molecule has 5 rings (SSSR count). The summed E-state index contributed by atoms with van der Waals surface area (Å²) in [6, 6.07) is 2.06. The predicted octanol–water partition coefficient (Wildman–Crippen LogP) is 1.49. The van der Waals surface area contributed by atoms with Gasteiger partial charge in [-0.1, -0.05) is 0 Å². The molecule has 4 heterocycles. The third kappa shape index (κ3) is 2.27. The van der Waals surface area contributed by atoms with Gasteiger partial charge in [-0.25, -0.2) is 9.97 Å². The maximum atomic E-state index is 4.54. The van der Waals surface area contributed by atoms with Crippen LogP contribution < -0.4 is 4.90 Å². The fourth-order valence-corrected chi connectivity index (χ4v) is 3.96. The third-order valence-electron chi connectivity index (χ3n) is 5.27. The lowest BCUT2D eigenvalue weighted by atomic mass is 10.2. The Morgan fingerprint density at radius 3 is 2.92 bits per heavy atom. The molecule has 1 fully saturated rings. The van der Waals surface area contributed by atoms with Crippen molar-refractivity contribution in [3.05, 3.63) is 35.5 Å². The first-order chi connectivity index (χ1) is 11.9. The topological polar surface area (TPSA) is 76.7 Å². The molecule has 2 aliphatic rings. The van der Waals surface area contributed by atoms with Crippen molar-refractivity contribution in [2.75, 3.05) is 31.1 Å². The second-order valence-electron chi connectivity index (χ2n) is 6.68. The van der Waals surface area contributed by atoms with E-state index in [2.05, 4.69) is 41.0 Å². The fraction of sp³-hybridized carbons (Fsp3) is 0.471. The number of aryl methyl sites for hydroxylation is 1. The number of H-pyrrole nitrogens is 2. The number of nitrogens with zero attached hydrogens (tertiary/aromatic N) is 5. The molecule has 3 aromatic heterocycles. The van der Waals surface area contributed by atoms with Crippen molar-refractivity contribution in [1.82, 2.24) is 30.0 Å². The Labute approximate surface area is 140 Å². The molecule has 7 nitrogen and oxygen atoms in total. The Morgan fingerprint density at radius 2 is 2.00 bits per heavy atom. The first-order valence-electron chi connectivity index (χ1n) is 8.69. The molecular formula is C17H21N7. The van der Waals surface area contributed by atoms with Gasteiger partial charge in [0.05, 0.1) is 11.1 Å². The van der Waals surface area contributed by atoms with Gasteiger partial charge in [-0.15, -0.1) is 0 Å². The number of nitrogens with one attached hydrogen (secondary N) is 2. The molecule has 1 aliphatic carbocycles. The van der Waals surface area contributed by atoms with Crippen molar-refractivity contribution in [2.45, 2.75) is 25.8 Å². The molecule has 0 aromatic carbocycles. The minimum Gasteiger partial charge on any atom is -0.353 e. The third-order valence-corrected chi connectivity index (χ3v) is 5.27. The number of rotatable bonds is 3. The van der Waals surface area contributed by atoms with Gasteiger partial charge in [-0.3, -0.25) is 10.00 Å². The molecule has 0 atom stereocenters. The van der Waals surface area contributed by atoms with Crippen LogP contribution in [-0.2, 0) is 19.4 Å². The van der Waals surface area contributed by atoms with Crippen molar-refractivity contribution in [1.29, 1.82) is 0 Å². The summed E-state index contributed by atoms with van der Waals surface area (Å²) in [6.45, 7) is 5.02. The smallest absolute Gasteiger partial charge is 0.142 e. The van der Waals surface area contributed by atoms with E-state index in [1.807, 2.05) is 6.20 Å². The van der Waals surface area contributed by atoms with E-state index in [1.165, 1.54) is 29.8 Å². The summed E-state index contributed by atoms with van der Waals surface area (Å²) in [7, 11) is 0. The van der Waals surface area contributed by atoms with E-state index in [4.69, 9.17) is 0 Å². The largest absolute Gasteiger partial charge is 0.353 e. The van der Waals surface area contributed by atoms with Crippen LogP contribution in [0, 0.1) is 0 Å². The van der Waals surface area contributed by atoms with Crippen molar-refractivity contribution >= 4 is 16.9 Å². The first-order valence-corrected chi connectivity index (χ1v) is 8.69. The Kier molecular flexibility index (Phi) is 3.26. The van der Waals surface area contributed by atoms with Crippen LogP contribution in [0.5, 0.6) is 0 Å². The molecule has 7 heteroatoms. The summed E-state index contributed by atoms with van der Waals surface area (Å²) in [6.07, 6.45) is 7.19. The van der Waals surface area contributed by atoms with Gasteiger partial charge in [0.1, 0.15) is 17.8 Å². The lowest BCUT2D eigenvalue weighted by Crippen LogP contribution is -2.46. The van der Waals surface area contributed by atoms with E-state index >= 15 is 0 Å². The maximum absolute atomic E-state index is 4.54. The van der Waals surface area contributed by atoms with Gasteiger partial charge in [0.2, 0.25) is 0 Å². The lowest BCUT2D eigenvalue weighted by molar-refractivity contribution is 0.246. The minimum absolute atomic E-state index is 0.912. The Hall–Kier alpha value is -2.41. The van der Waals surface area contributed by atoms with E-state index in [0.29, 0.717) is 0 Å². The minimum atomic E-state index is 0.912. The normalized spacial score (nSPS) is 18.4. The zero-order chi connectivity index (χ0) is 15.9. The van der Waals surface area contributed by atoms with Crippen LogP contribution in [0.1, 0.15) is 23.4 Å². The molecule has 24 heavy (non-hydrogen) atoms. The van der Waals surface area contributed by atoms with Crippen LogP contribution in [0.3, 0.4) is 0 Å². The van der Waals surface area contributed by atoms with Crippen LogP contribution in [0.25, 0.3) is 11.0 Å². The van der Waals surface area contributed by atoms with Gasteiger partial charge < -0.3 is 9.88 Å². The summed E-state index contributed by atoms with van der Waals surface area (Å²) < 4.78 is 0. The van der Waals surface area contributed by atoms with Gasteiger partial charge in [-0.05, 0) is 30.9 Å². The number of anilines is 1. The number of hydrogen-bond acceptors (Lipinski definition) is 5. The molecule has 0 amide bonds.